The standard InChI is InChI=1S/C12H16FNO4/c1-7(2)12(17)18-6-11(16)14-10-4-9(13)3-8(10)5-15/h5,8-10H,1,3-4,6H2,2H3,(H,14,16). The highest BCUT2D eigenvalue weighted by atomic mass is 19.1. The third kappa shape index (κ3) is 3.94. The van der Waals surface area contributed by atoms with Gasteiger partial charge in [-0.05, 0) is 19.8 Å². The number of carbonyl (C=O) groups is 3. The van der Waals surface area contributed by atoms with E-state index in [2.05, 4.69) is 16.6 Å². The number of ether oxygens (including phenoxy) is 1. The summed E-state index contributed by atoms with van der Waals surface area (Å²) >= 11 is 0. The van der Waals surface area contributed by atoms with Crippen molar-refractivity contribution in [3.63, 3.8) is 0 Å². The summed E-state index contributed by atoms with van der Waals surface area (Å²) in [6, 6.07) is -0.520. The molecule has 0 aromatic carbocycles. The zero-order chi connectivity index (χ0) is 13.7. The Balaban J connectivity index is 2.38. The molecule has 0 aromatic heterocycles. The first kappa shape index (κ1) is 14.3. The first-order valence-corrected chi connectivity index (χ1v) is 5.65. The number of hydrogen-bond acceptors (Lipinski definition) is 4. The Morgan fingerprint density at radius 1 is 1.50 bits per heavy atom. The maximum absolute atomic E-state index is 13.1. The molecule has 1 rings (SSSR count). The summed E-state index contributed by atoms with van der Waals surface area (Å²) < 4.78 is 17.7. The minimum atomic E-state index is -1.08. The molecule has 0 heterocycles. The molecule has 100 valence electrons. The third-order valence-electron chi connectivity index (χ3n) is 2.76. The first-order chi connectivity index (χ1) is 8.43. The second-order valence-corrected chi connectivity index (χ2v) is 4.40. The molecule has 1 fully saturated rings. The van der Waals surface area contributed by atoms with Gasteiger partial charge in [0.1, 0.15) is 12.5 Å². The van der Waals surface area contributed by atoms with Crippen LogP contribution in [0.15, 0.2) is 12.2 Å². The van der Waals surface area contributed by atoms with Gasteiger partial charge in [-0.15, -0.1) is 0 Å². The van der Waals surface area contributed by atoms with Crippen molar-refractivity contribution in [1.29, 1.82) is 0 Å². The highest BCUT2D eigenvalue weighted by Gasteiger charge is 2.35. The number of carbonyl (C=O) groups excluding carboxylic acids is 3. The summed E-state index contributed by atoms with van der Waals surface area (Å²) in [6.07, 6.45) is -0.197. The molecule has 3 atom stereocenters. The van der Waals surface area contributed by atoms with Crippen molar-refractivity contribution in [1.82, 2.24) is 5.32 Å². The fourth-order valence-electron chi connectivity index (χ4n) is 1.83. The van der Waals surface area contributed by atoms with Gasteiger partial charge in [-0.1, -0.05) is 6.58 Å². The fraction of sp³-hybridized carbons (Fsp3) is 0.583. The number of amides is 1. The number of aldehydes is 1. The summed E-state index contributed by atoms with van der Waals surface area (Å²) in [5.41, 5.74) is 0.193. The molecule has 6 heteroatoms. The van der Waals surface area contributed by atoms with Crippen molar-refractivity contribution in [2.45, 2.75) is 32.0 Å². The predicted octanol–water partition coefficient (Wildman–Crippen LogP) is 0.537. The summed E-state index contributed by atoms with van der Waals surface area (Å²) in [7, 11) is 0. The summed E-state index contributed by atoms with van der Waals surface area (Å²) in [6.45, 7) is 4.38. The van der Waals surface area contributed by atoms with E-state index in [4.69, 9.17) is 0 Å². The molecule has 1 saturated carbocycles. The van der Waals surface area contributed by atoms with E-state index in [-0.39, 0.29) is 18.4 Å². The molecule has 0 saturated heterocycles. The average Bonchev–Trinajstić information content (AvgIpc) is 2.66. The second-order valence-electron chi connectivity index (χ2n) is 4.40. The highest BCUT2D eigenvalue weighted by molar-refractivity contribution is 5.89. The van der Waals surface area contributed by atoms with Crippen LogP contribution in [-0.4, -0.2) is 37.0 Å². The van der Waals surface area contributed by atoms with Crippen molar-refractivity contribution in [2.24, 2.45) is 5.92 Å². The topological polar surface area (TPSA) is 72.5 Å². The minimum Gasteiger partial charge on any atom is -0.452 e. The van der Waals surface area contributed by atoms with Gasteiger partial charge in [0.25, 0.3) is 5.91 Å². The van der Waals surface area contributed by atoms with Crippen molar-refractivity contribution < 1.29 is 23.5 Å². The third-order valence-corrected chi connectivity index (χ3v) is 2.76. The quantitative estimate of drug-likeness (QED) is 0.443. The first-order valence-electron chi connectivity index (χ1n) is 5.65. The van der Waals surface area contributed by atoms with Crippen LogP contribution in [0.4, 0.5) is 4.39 Å². The van der Waals surface area contributed by atoms with Gasteiger partial charge in [0, 0.05) is 17.5 Å². The number of halogens is 1. The Hall–Kier alpha value is -1.72. The van der Waals surface area contributed by atoms with Gasteiger partial charge < -0.3 is 14.8 Å². The summed E-state index contributed by atoms with van der Waals surface area (Å²) in [4.78, 5) is 33.2. The Bertz CT molecular complexity index is 369. The number of nitrogens with one attached hydrogen (secondary N) is 1. The molecule has 0 aliphatic heterocycles. The SMILES string of the molecule is C=C(C)C(=O)OCC(=O)NC1CC(F)CC1C=O. The molecule has 3 unspecified atom stereocenters. The minimum absolute atomic E-state index is 0.115. The number of hydrogen-bond donors (Lipinski definition) is 1. The van der Waals surface area contributed by atoms with Gasteiger partial charge in [0.2, 0.25) is 0 Å². The van der Waals surface area contributed by atoms with E-state index in [0.717, 1.165) is 0 Å². The largest absolute Gasteiger partial charge is 0.452 e. The fourth-order valence-corrected chi connectivity index (χ4v) is 1.83. The molecule has 0 spiro atoms. The lowest BCUT2D eigenvalue weighted by Gasteiger charge is -2.15. The molecule has 18 heavy (non-hydrogen) atoms. The van der Waals surface area contributed by atoms with Gasteiger partial charge in [-0.2, -0.15) is 0 Å². The van der Waals surface area contributed by atoms with Crippen LogP contribution in [0.3, 0.4) is 0 Å². The number of alkyl halides is 1. The number of esters is 1. The average molecular weight is 257 g/mol. The zero-order valence-corrected chi connectivity index (χ0v) is 10.1. The van der Waals surface area contributed by atoms with E-state index < -0.39 is 36.6 Å². The Labute approximate surface area is 104 Å². The van der Waals surface area contributed by atoms with Crippen LogP contribution in [0.1, 0.15) is 19.8 Å². The Kier molecular flexibility index (Phi) is 5.00. The van der Waals surface area contributed by atoms with E-state index in [0.29, 0.717) is 6.29 Å². The maximum atomic E-state index is 13.1. The Morgan fingerprint density at radius 3 is 2.72 bits per heavy atom. The van der Waals surface area contributed by atoms with Gasteiger partial charge >= 0.3 is 5.97 Å². The molecule has 1 aliphatic rings. The van der Waals surface area contributed by atoms with E-state index in [1.807, 2.05) is 0 Å². The van der Waals surface area contributed by atoms with Crippen molar-refractivity contribution in [3.8, 4) is 0 Å². The van der Waals surface area contributed by atoms with Gasteiger partial charge in [-0.3, -0.25) is 4.79 Å². The van der Waals surface area contributed by atoms with E-state index >= 15 is 0 Å². The van der Waals surface area contributed by atoms with Crippen LogP contribution >= 0.6 is 0 Å². The molecule has 1 N–H and O–H groups in total. The van der Waals surface area contributed by atoms with Crippen molar-refractivity contribution >= 4 is 18.2 Å². The van der Waals surface area contributed by atoms with Crippen LogP contribution in [0.25, 0.3) is 0 Å². The maximum Gasteiger partial charge on any atom is 0.333 e. The van der Waals surface area contributed by atoms with Crippen LogP contribution in [0.2, 0.25) is 0 Å². The van der Waals surface area contributed by atoms with Crippen LogP contribution in [0, 0.1) is 5.92 Å². The van der Waals surface area contributed by atoms with E-state index in [9.17, 15) is 18.8 Å². The molecule has 0 radical (unpaired) electrons. The zero-order valence-electron chi connectivity index (χ0n) is 10.1. The second kappa shape index (κ2) is 6.28. The van der Waals surface area contributed by atoms with E-state index in [1.165, 1.54) is 6.92 Å². The monoisotopic (exact) mass is 257 g/mol. The van der Waals surface area contributed by atoms with Gasteiger partial charge in [0.15, 0.2) is 6.61 Å². The van der Waals surface area contributed by atoms with Crippen LogP contribution < -0.4 is 5.32 Å². The number of rotatable bonds is 5. The lowest BCUT2D eigenvalue weighted by Crippen LogP contribution is -2.40. The summed E-state index contributed by atoms with van der Waals surface area (Å²) in [5, 5.41) is 2.49. The smallest absolute Gasteiger partial charge is 0.333 e. The highest BCUT2D eigenvalue weighted by Crippen LogP contribution is 2.26. The van der Waals surface area contributed by atoms with Crippen LogP contribution in [-0.2, 0) is 19.1 Å². The lowest BCUT2D eigenvalue weighted by atomic mass is 10.1. The molecule has 5 nitrogen and oxygen atoms in total. The Morgan fingerprint density at radius 2 is 2.17 bits per heavy atom. The van der Waals surface area contributed by atoms with E-state index in [1.54, 1.807) is 0 Å². The molecule has 0 bridgehead atoms. The predicted molar refractivity (Wildman–Crippen MR) is 61.4 cm³/mol. The molecule has 1 aliphatic carbocycles. The van der Waals surface area contributed by atoms with Crippen molar-refractivity contribution in [3.05, 3.63) is 12.2 Å². The van der Waals surface area contributed by atoms with Gasteiger partial charge in [0.05, 0.1) is 0 Å². The normalized spacial score (nSPS) is 26.4. The molecule has 1 amide bonds. The van der Waals surface area contributed by atoms with Crippen molar-refractivity contribution in [2.75, 3.05) is 6.61 Å². The molecule has 0 aromatic rings. The van der Waals surface area contributed by atoms with Crippen LogP contribution in [0.5, 0.6) is 0 Å². The van der Waals surface area contributed by atoms with Gasteiger partial charge in [-0.25, -0.2) is 9.18 Å². The summed E-state index contributed by atoms with van der Waals surface area (Å²) in [5.74, 6) is -1.72. The molecular weight excluding hydrogens is 241 g/mol. The lowest BCUT2D eigenvalue weighted by molar-refractivity contribution is -0.145. The molecular formula is C12H16FNO4.